The summed E-state index contributed by atoms with van der Waals surface area (Å²) >= 11 is 7.24. The lowest BCUT2D eigenvalue weighted by Crippen LogP contribution is -2.14. The highest BCUT2D eigenvalue weighted by molar-refractivity contribution is 7.99. The molecule has 128 valence electrons. The molecule has 0 saturated carbocycles. The van der Waals surface area contributed by atoms with E-state index >= 15 is 0 Å². The number of carbonyl (C=O) groups is 1. The molecule has 1 heterocycles. The molecule has 3 aromatic rings. The van der Waals surface area contributed by atoms with E-state index in [1.54, 1.807) is 37.6 Å². The van der Waals surface area contributed by atoms with Gasteiger partial charge in [-0.1, -0.05) is 35.5 Å². The second-order valence-corrected chi connectivity index (χ2v) is 6.57. The molecule has 0 bridgehead atoms. The molecule has 1 aromatic heterocycles. The van der Waals surface area contributed by atoms with Gasteiger partial charge < -0.3 is 15.0 Å². The molecule has 0 aliphatic carbocycles. The third kappa shape index (κ3) is 4.78. The number of imidazole rings is 1. The van der Waals surface area contributed by atoms with Gasteiger partial charge in [0.25, 0.3) is 0 Å². The highest BCUT2D eigenvalue weighted by atomic mass is 35.5. The first-order valence-corrected chi connectivity index (χ1v) is 8.88. The monoisotopic (exact) mass is 373 g/mol. The molecule has 2 N–H and O–H groups in total. The van der Waals surface area contributed by atoms with Crippen molar-refractivity contribution in [3.05, 3.63) is 59.8 Å². The molecule has 0 fully saturated rings. The predicted octanol–water partition coefficient (Wildman–Crippen LogP) is 4.47. The Morgan fingerprint density at radius 3 is 2.60 bits per heavy atom. The van der Waals surface area contributed by atoms with Crippen molar-refractivity contribution in [2.45, 2.75) is 5.16 Å². The third-order valence-electron chi connectivity index (χ3n) is 3.42. The number of methoxy groups -OCH3 is 1. The fraction of sp³-hybridized carbons (Fsp3) is 0.111. The first-order valence-electron chi connectivity index (χ1n) is 7.52. The second-order valence-electron chi connectivity index (χ2n) is 5.17. The van der Waals surface area contributed by atoms with E-state index in [2.05, 4.69) is 15.3 Å². The van der Waals surface area contributed by atoms with Crippen molar-refractivity contribution in [3.8, 4) is 17.0 Å². The Bertz CT molecular complexity index is 848. The fourth-order valence-electron chi connectivity index (χ4n) is 2.16. The molecule has 0 atom stereocenters. The number of rotatable bonds is 6. The minimum atomic E-state index is -0.0976. The first-order chi connectivity index (χ1) is 12.1. The van der Waals surface area contributed by atoms with Gasteiger partial charge in [-0.3, -0.25) is 4.79 Å². The van der Waals surface area contributed by atoms with Crippen LogP contribution in [0.5, 0.6) is 5.75 Å². The average Bonchev–Trinajstić information content (AvgIpc) is 3.10. The average molecular weight is 374 g/mol. The Morgan fingerprint density at radius 1 is 1.20 bits per heavy atom. The number of thioether (sulfide) groups is 1. The zero-order valence-corrected chi connectivity index (χ0v) is 15.0. The van der Waals surface area contributed by atoms with Crippen molar-refractivity contribution in [1.82, 2.24) is 9.97 Å². The summed E-state index contributed by atoms with van der Waals surface area (Å²) in [5, 5.41) is 4.21. The number of aromatic amines is 1. The smallest absolute Gasteiger partial charge is 0.234 e. The molecule has 3 rings (SSSR count). The molecule has 0 aliphatic heterocycles. The Hall–Kier alpha value is -2.44. The van der Waals surface area contributed by atoms with Crippen LogP contribution < -0.4 is 10.1 Å². The van der Waals surface area contributed by atoms with Crippen molar-refractivity contribution in [2.75, 3.05) is 18.2 Å². The van der Waals surface area contributed by atoms with E-state index in [9.17, 15) is 4.79 Å². The molecule has 5 nitrogen and oxygen atoms in total. The van der Waals surface area contributed by atoms with Gasteiger partial charge >= 0.3 is 0 Å². The van der Waals surface area contributed by atoms with Crippen LogP contribution in [0.2, 0.25) is 5.02 Å². The van der Waals surface area contributed by atoms with Crippen LogP contribution in [0.15, 0.2) is 59.9 Å². The van der Waals surface area contributed by atoms with Gasteiger partial charge in [-0.15, -0.1) is 0 Å². The zero-order chi connectivity index (χ0) is 17.6. The quantitative estimate of drug-likeness (QED) is 0.625. The number of halogens is 1. The SMILES string of the molecule is COc1ccc(NC(=O)CSc2ncc(-c3ccc(Cl)cc3)[nH]2)cc1. The number of ether oxygens (including phenoxy) is 1. The fourth-order valence-corrected chi connectivity index (χ4v) is 2.93. The van der Waals surface area contributed by atoms with E-state index < -0.39 is 0 Å². The molecular weight excluding hydrogens is 358 g/mol. The maximum Gasteiger partial charge on any atom is 0.234 e. The number of carbonyl (C=O) groups excluding carboxylic acids is 1. The molecule has 0 unspecified atom stereocenters. The second kappa shape index (κ2) is 8.09. The summed E-state index contributed by atoms with van der Waals surface area (Å²) in [6, 6.07) is 14.7. The number of anilines is 1. The molecule has 0 spiro atoms. The summed E-state index contributed by atoms with van der Waals surface area (Å²) in [5.41, 5.74) is 2.61. The van der Waals surface area contributed by atoms with Crippen LogP contribution in [-0.4, -0.2) is 28.7 Å². The summed E-state index contributed by atoms with van der Waals surface area (Å²) in [7, 11) is 1.60. The number of hydrogen-bond acceptors (Lipinski definition) is 4. The van der Waals surface area contributed by atoms with Gasteiger partial charge in [0.1, 0.15) is 5.75 Å². The minimum absolute atomic E-state index is 0.0976. The van der Waals surface area contributed by atoms with Crippen molar-refractivity contribution in [2.24, 2.45) is 0 Å². The van der Waals surface area contributed by atoms with Gasteiger partial charge in [0.2, 0.25) is 5.91 Å². The van der Waals surface area contributed by atoms with E-state index in [4.69, 9.17) is 16.3 Å². The molecule has 2 aromatic carbocycles. The van der Waals surface area contributed by atoms with Crippen LogP contribution in [0, 0.1) is 0 Å². The number of nitrogens with zero attached hydrogens (tertiary/aromatic N) is 1. The maximum atomic E-state index is 12.0. The highest BCUT2D eigenvalue weighted by Gasteiger charge is 2.08. The number of amides is 1. The van der Waals surface area contributed by atoms with Gasteiger partial charge in [0.15, 0.2) is 5.16 Å². The van der Waals surface area contributed by atoms with Gasteiger partial charge in [-0.2, -0.15) is 0 Å². The number of aromatic nitrogens is 2. The lowest BCUT2D eigenvalue weighted by atomic mass is 10.2. The summed E-state index contributed by atoms with van der Waals surface area (Å²) in [5.74, 6) is 0.914. The summed E-state index contributed by atoms with van der Waals surface area (Å²) < 4.78 is 5.09. The summed E-state index contributed by atoms with van der Waals surface area (Å²) in [6.45, 7) is 0. The maximum absolute atomic E-state index is 12.0. The number of hydrogen-bond donors (Lipinski definition) is 2. The van der Waals surface area contributed by atoms with Gasteiger partial charge in [-0.05, 0) is 42.0 Å². The highest BCUT2D eigenvalue weighted by Crippen LogP contribution is 2.23. The Labute approximate surface area is 154 Å². The standard InChI is InChI=1S/C18H16ClN3O2S/c1-24-15-8-6-14(7-9-15)21-17(23)11-25-18-20-10-16(22-18)12-2-4-13(19)5-3-12/h2-10H,11H2,1H3,(H,20,22)(H,21,23). The summed E-state index contributed by atoms with van der Waals surface area (Å²) in [6.07, 6.45) is 1.74. The number of nitrogens with one attached hydrogen (secondary N) is 2. The molecule has 0 aliphatic rings. The number of benzene rings is 2. The molecule has 0 radical (unpaired) electrons. The Balaban J connectivity index is 1.54. The topological polar surface area (TPSA) is 67.0 Å². The third-order valence-corrected chi connectivity index (χ3v) is 4.56. The largest absolute Gasteiger partial charge is 0.497 e. The van der Waals surface area contributed by atoms with E-state index in [1.807, 2.05) is 24.3 Å². The van der Waals surface area contributed by atoms with Crippen molar-refractivity contribution < 1.29 is 9.53 Å². The lowest BCUT2D eigenvalue weighted by Gasteiger charge is -2.05. The molecule has 1 amide bonds. The molecular formula is C18H16ClN3O2S. The van der Waals surface area contributed by atoms with Gasteiger partial charge in [0.05, 0.1) is 24.8 Å². The zero-order valence-electron chi connectivity index (χ0n) is 13.5. The van der Waals surface area contributed by atoms with Crippen LogP contribution in [0.4, 0.5) is 5.69 Å². The molecule has 0 saturated heterocycles. The van der Waals surface area contributed by atoms with Crippen molar-refractivity contribution in [3.63, 3.8) is 0 Å². The van der Waals surface area contributed by atoms with Crippen molar-refractivity contribution >= 4 is 35.0 Å². The van der Waals surface area contributed by atoms with Crippen LogP contribution in [0.1, 0.15) is 0 Å². The molecule has 25 heavy (non-hydrogen) atoms. The minimum Gasteiger partial charge on any atom is -0.497 e. The van der Waals surface area contributed by atoms with E-state index in [1.165, 1.54) is 11.8 Å². The Morgan fingerprint density at radius 2 is 1.92 bits per heavy atom. The lowest BCUT2D eigenvalue weighted by molar-refractivity contribution is -0.113. The predicted molar refractivity (Wildman–Crippen MR) is 101 cm³/mol. The van der Waals surface area contributed by atoms with E-state index in [0.717, 1.165) is 22.7 Å². The van der Waals surface area contributed by atoms with E-state index in [-0.39, 0.29) is 11.7 Å². The van der Waals surface area contributed by atoms with Crippen LogP contribution in [0.25, 0.3) is 11.3 Å². The van der Waals surface area contributed by atoms with Crippen LogP contribution in [0.3, 0.4) is 0 Å². The van der Waals surface area contributed by atoms with Crippen LogP contribution in [-0.2, 0) is 4.79 Å². The normalized spacial score (nSPS) is 10.5. The van der Waals surface area contributed by atoms with E-state index in [0.29, 0.717) is 10.2 Å². The van der Waals surface area contributed by atoms with Gasteiger partial charge in [-0.25, -0.2) is 4.98 Å². The molecule has 7 heteroatoms. The number of H-pyrrole nitrogens is 1. The van der Waals surface area contributed by atoms with Gasteiger partial charge in [0, 0.05) is 10.7 Å². The summed E-state index contributed by atoms with van der Waals surface area (Å²) in [4.78, 5) is 19.5. The van der Waals surface area contributed by atoms with Crippen LogP contribution >= 0.6 is 23.4 Å². The Kier molecular flexibility index (Phi) is 5.63. The van der Waals surface area contributed by atoms with Crippen molar-refractivity contribution in [1.29, 1.82) is 0 Å². The first kappa shape index (κ1) is 17.4.